The van der Waals surface area contributed by atoms with Crippen LogP contribution < -0.4 is 10.1 Å². The summed E-state index contributed by atoms with van der Waals surface area (Å²) in [6, 6.07) is 4.40. The van der Waals surface area contributed by atoms with Crippen molar-refractivity contribution in [3.8, 4) is 5.75 Å². The van der Waals surface area contributed by atoms with Crippen molar-refractivity contribution in [3.63, 3.8) is 0 Å². The SMILES string of the molecule is Cc1cc2c(cc1Cl)C(NCCN(C)C)CC(C)(C)O2. The molecule has 0 saturated carbocycles. The standard InChI is InChI=1S/C16H25ClN2O/c1-11-8-15-12(9-13(11)17)14(10-16(2,3)20-15)18-6-7-19(4)5/h8-9,14,18H,6-7,10H2,1-5H3. The van der Waals surface area contributed by atoms with E-state index in [1.807, 2.05) is 6.92 Å². The molecular weight excluding hydrogens is 272 g/mol. The van der Waals surface area contributed by atoms with E-state index in [-0.39, 0.29) is 5.60 Å². The van der Waals surface area contributed by atoms with Crippen LogP contribution in [0.4, 0.5) is 0 Å². The van der Waals surface area contributed by atoms with Crippen LogP contribution in [0.5, 0.6) is 5.75 Å². The van der Waals surface area contributed by atoms with Gasteiger partial charge in [0, 0.05) is 36.1 Å². The van der Waals surface area contributed by atoms with Crippen LogP contribution >= 0.6 is 11.6 Å². The highest BCUT2D eigenvalue weighted by Gasteiger charge is 2.33. The number of rotatable bonds is 4. The molecule has 2 rings (SSSR count). The molecule has 1 aliphatic heterocycles. The summed E-state index contributed by atoms with van der Waals surface area (Å²) >= 11 is 6.27. The number of nitrogens with zero attached hydrogens (tertiary/aromatic N) is 1. The zero-order valence-corrected chi connectivity index (χ0v) is 13.8. The van der Waals surface area contributed by atoms with Gasteiger partial charge in [0.1, 0.15) is 11.4 Å². The molecule has 0 saturated heterocycles. The topological polar surface area (TPSA) is 24.5 Å². The molecule has 112 valence electrons. The van der Waals surface area contributed by atoms with Crippen LogP contribution in [-0.2, 0) is 0 Å². The van der Waals surface area contributed by atoms with Crippen molar-refractivity contribution in [2.24, 2.45) is 0 Å². The molecule has 0 bridgehead atoms. The van der Waals surface area contributed by atoms with E-state index in [0.29, 0.717) is 6.04 Å². The van der Waals surface area contributed by atoms with Crippen molar-refractivity contribution in [1.82, 2.24) is 10.2 Å². The molecule has 3 nitrogen and oxygen atoms in total. The number of ether oxygens (including phenoxy) is 1. The van der Waals surface area contributed by atoms with E-state index >= 15 is 0 Å². The lowest BCUT2D eigenvalue weighted by molar-refractivity contribution is 0.0657. The van der Waals surface area contributed by atoms with Gasteiger partial charge in [-0.2, -0.15) is 0 Å². The summed E-state index contributed by atoms with van der Waals surface area (Å²) < 4.78 is 6.10. The highest BCUT2D eigenvalue weighted by atomic mass is 35.5. The van der Waals surface area contributed by atoms with Crippen LogP contribution in [0.2, 0.25) is 5.02 Å². The second kappa shape index (κ2) is 5.92. The smallest absolute Gasteiger partial charge is 0.125 e. The predicted octanol–water partition coefficient (Wildman–Crippen LogP) is 3.40. The van der Waals surface area contributed by atoms with Gasteiger partial charge in [-0.1, -0.05) is 11.6 Å². The molecule has 1 unspecified atom stereocenters. The van der Waals surface area contributed by atoms with Crippen LogP contribution in [-0.4, -0.2) is 37.7 Å². The maximum Gasteiger partial charge on any atom is 0.125 e. The van der Waals surface area contributed by atoms with Crippen LogP contribution in [0.1, 0.15) is 37.4 Å². The van der Waals surface area contributed by atoms with Gasteiger partial charge < -0.3 is 15.0 Å². The third-order valence-corrected chi connectivity index (χ3v) is 4.11. The van der Waals surface area contributed by atoms with Gasteiger partial charge in [0.25, 0.3) is 0 Å². The van der Waals surface area contributed by atoms with Crippen molar-refractivity contribution >= 4 is 11.6 Å². The molecule has 20 heavy (non-hydrogen) atoms. The molecular formula is C16H25ClN2O. The summed E-state index contributed by atoms with van der Waals surface area (Å²) in [5, 5.41) is 4.44. The minimum absolute atomic E-state index is 0.150. The van der Waals surface area contributed by atoms with Crippen LogP contribution in [0, 0.1) is 6.92 Å². The number of nitrogens with one attached hydrogen (secondary N) is 1. The monoisotopic (exact) mass is 296 g/mol. The second-order valence-electron chi connectivity index (χ2n) is 6.52. The number of benzene rings is 1. The van der Waals surface area contributed by atoms with Crippen LogP contribution in [0.15, 0.2) is 12.1 Å². The Morgan fingerprint density at radius 1 is 1.40 bits per heavy atom. The number of hydrogen-bond acceptors (Lipinski definition) is 3. The molecule has 1 atom stereocenters. The lowest BCUT2D eigenvalue weighted by Crippen LogP contribution is -2.41. The normalized spacial score (nSPS) is 20.6. The summed E-state index contributed by atoms with van der Waals surface area (Å²) in [4.78, 5) is 2.18. The molecule has 4 heteroatoms. The first-order valence-corrected chi connectivity index (χ1v) is 7.53. The third kappa shape index (κ3) is 3.66. The van der Waals surface area contributed by atoms with Gasteiger partial charge in [0.05, 0.1) is 0 Å². The second-order valence-corrected chi connectivity index (χ2v) is 6.92. The third-order valence-electron chi connectivity index (χ3n) is 3.70. The highest BCUT2D eigenvalue weighted by Crippen LogP contribution is 2.41. The van der Waals surface area contributed by atoms with Crippen LogP contribution in [0.25, 0.3) is 0 Å². The van der Waals surface area contributed by atoms with E-state index in [1.54, 1.807) is 0 Å². The maximum atomic E-state index is 6.27. The number of hydrogen-bond donors (Lipinski definition) is 1. The number of fused-ring (bicyclic) bond motifs is 1. The molecule has 0 aliphatic carbocycles. The van der Waals surface area contributed by atoms with E-state index in [2.05, 4.69) is 50.3 Å². The minimum atomic E-state index is -0.150. The predicted molar refractivity (Wildman–Crippen MR) is 84.8 cm³/mol. The fourth-order valence-electron chi connectivity index (χ4n) is 2.62. The molecule has 0 fully saturated rings. The van der Waals surface area contributed by atoms with E-state index in [4.69, 9.17) is 16.3 Å². The molecule has 0 spiro atoms. The Labute approximate surface area is 127 Å². The Hall–Kier alpha value is -0.770. The summed E-state index contributed by atoms with van der Waals surface area (Å²) in [6.45, 7) is 8.27. The Morgan fingerprint density at radius 2 is 2.10 bits per heavy atom. The summed E-state index contributed by atoms with van der Waals surface area (Å²) in [5.74, 6) is 0.963. The fourth-order valence-corrected chi connectivity index (χ4v) is 2.79. The molecule has 0 aromatic heterocycles. The molecule has 1 aliphatic rings. The molecule has 1 N–H and O–H groups in total. The first-order valence-electron chi connectivity index (χ1n) is 7.16. The Balaban J connectivity index is 2.22. The van der Waals surface area contributed by atoms with Gasteiger partial charge in [0.15, 0.2) is 0 Å². The van der Waals surface area contributed by atoms with Gasteiger partial charge in [-0.25, -0.2) is 0 Å². The number of halogens is 1. The molecule has 1 aromatic carbocycles. The zero-order chi connectivity index (χ0) is 14.9. The molecule has 0 radical (unpaired) electrons. The fraction of sp³-hybridized carbons (Fsp3) is 0.625. The molecule has 1 aromatic rings. The summed E-state index contributed by atoms with van der Waals surface area (Å²) in [6.07, 6.45) is 0.951. The Bertz CT molecular complexity index is 486. The number of aryl methyl sites for hydroxylation is 1. The molecule has 0 amide bonds. The number of likely N-dealkylation sites (N-methyl/N-ethyl adjacent to an activating group) is 1. The first kappa shape index (κ1) is 15.6. The minimum Gasteiger partial charge on any atom is -0.487 e. The van der Waals surface area contributed by atoms with Gasteiger partial charge >= 0.3 is 0 Å². The van der Waals surface area contributed by atoms with Gasteiger partial charge in [-0.05, 0) is 52.6 Å². The van der Waals surface area contributed by atoms with E-state index in [0.717, 1.165) is 35.8 Å². The highest BCUT2D eigenvalue weighted by molar-refractivity contribution is 6.31. The van der Waals surface area contributed by atoms with Crippen molar-refractivity contribution in [1.29, 1.82) is 0 Å². The molecule has 1 heterocycles. The summed E-state index contributed by atoms with van der Waals surface area (Å²) in [7, 11) is 4.17. The van der Waals surface area contributed by atoms with E-state index in [9.17, 15) is 0 Å². The van der Waals surface area contributed by atoms with Gasteiger partial charge in [0.2, 0.25) is 0 Å². The zero-order valence-electron chi connectivity index (χ0n) is 13.1. The largest absolute Gasteiger partial charge is 0.487 e. The lowest BCUT2D eigenvalue weighted by Gasteiger charge is -2.38. The average Bonchev–Trinajstić information content (AvgIpc) is 2.30. The first-order chi connectivity index (χ1) is 9.28. The summed E-state index contributed by atoms with van der Waals surface area (Å²) in [5.41, 5.74) is 2.09. The van der Waals surface area contributed by atoms with Gasteiger partial charge in [-0.15, -0.1) is 0 Å². The van der Waals surface area contributed by atoms with E-state index < -0.39 is 0 Å². The van der Waals surface area contributed by atoms with Crippen molar-refractivity contribution in [2.75, 3.05) is 27.2 Å². The Kier molecular flexibility index (Phi) is 4.62. The van der Waals surface area contributed by atoms with Crippen LogP contribution in [0.3, 0.4) is 0 Å². The van der Waals surface area contributed by atoms with Crippen molar-refractivity contribution in [2.45, 2.75) is 38.8 Å². The van der Waals surface area contributed by atoms with Gasteiger partial charge in [-0.3, -0.25) is 0 Å². The quantitative estimate of drug-likeness (QED) is 0.921. The van der Waals surface area contributed by atoms with E-state index in [1.165, 1.54) is 5.56 Å². The lowest BCUT2D eigenvalue weighted by atomic mass is 9.89. The van der Waals surface area contributed by atoms with Crippen molar-refractivity contribution < 1.29 is 4.74 Å². The average molecular weight is 297 g/mol. The van der Waals surface area contributed by atoms with Crippen molar-refractivity contribution in [3.05, 3.63) is 28.3 Å². The Morgan fingerprint density at radius 3 is 2.75 bits per heavy atom. The maximum absolute atomic E-state index is 6.27.